The zero-order valence-electron chi connectivity index (χ0n) is 7.96. The molecule has 0 radical (unpaired) electrons. The summed E-state index contributed by atoms with van der Waals surface area (Å²) in [7, 11) is 1.29. The van der Waals surface area contributed by atoms with Crippen LogP contribution in [0.5, 0.6) is 0 Å². The van der Waals surface area contributed by atoms with E-state index in [0.29, 0.717) is 6.61 Å². The molecule has 0 aromatic rings. The zero-order chi connectivity index (χ0) is 11.1. The second-order valence-electron chi connectivity index (χ2n) is 2.45. The van der Waals surface area contributed by atoms with Crippen molar-refractivity contribution in [2.75, 3.05) is 13.7 Å². The topological polar surface area (TPSA) is 35.5 Å². The number of rotatable bonds is 5. The van der Waals surface area contributed by atoms with Crippen molar-refractivity contribution in [2.45, 2.75) is 24.1 Å². The summed E-state index contributed by atoms with van der Waals surface area (Å²) in [4.78, 5) is 10.9. The molecular formula is C8H12Cl2O3S. The van der Waals surface area contributed by atoms with Crippen molar-refractivity contribution in [1.82, 2.24) is 0 Å². The predicted octanol–water partition coefficient (Wildman–Crippen LogP) is 2.13. The molecule has 14 heavy (non-hydrogen) atoms. The standard InChI is InChI=1S/C8H12Cl2O3S/c1-3-13-8(14)7(10)5(9)4-6(11)12-2/h5,7H,3-4H2,1-2H3. The molecule has 0 aromatic heterocycles. The largest absolute Gasteiger partial charge is 0.486 e. The van der Waals surface area contributed by atoms with Gasteiger partial charge in [-0.3, -0.25) is 4.79 Å². The Morgan fingerprint density at radius 1 is 1.50 bits per heavy atom. The lowest BCUT2D eigenvalue weighted by molar-refractivity contribution is -0.140. The number of thiocarbonyl (C=S) groups is 1. The summed E-state index contributed by atoms with van der Waals surface area (Å²) in [6, 6.07) is 0. The first-order chi connectivity index (χ1) is 6.52. The Bertz CT molecular complexity index is 211. The van der Waals surface area contributed by atoms with Crippen LogP contribution in [0.4, 0.5) is 0 Å². The first kappa shape index (κ1) is 13.9. The van der Waals surface area contributed by atoms with Crippen LogP contribution in [-0.4, -0.2) is 35.5 Å². The number of ether oxygens (including phenoxy) is 2. The molecule has 6 heteroatoms. The molecule has 3 nitrogen and oxygen atoms in total. The summed E-state index contributed by atoms with van der Waals surface area (Å²) in [5.41, 5.74) is 0. The van der Waals surface area contributed by atoms with Gasteiger partial charge in [-0.2, -0.15) is 0 Å². The number of carbonyl (C=O) groups excluding carboxylic acids is 1. The third kappa shape index (κ3) is 4.98. The summed E-state index contributed by atoms with van der Waals surface area (Å²) in [5.74, 6) is -0.421. The van der Waals surface area contributed by atoms with Gasteiger partial charge < -0.3 is 9.47 Å². The number of halogens is 2. The van der Waals surface area contributed by atoms with Gasteiger partial charge >= 0.3 is 5.97 Å². The van der Waals surface area contributed by atoms with E-state index in [0.717, 1.165) is 0 Å². The number of methoxy groups -OCH3 is 1. The maximum atomic E-state index is 10.9. The quantitative estimate of drug-likeness (QED) is 0.430. The van der Waals surface area contributed by atoms with E-state index in [2.05, 4.69) is 4.74 Å². The Labute approximate surface area is 98.6 Å². The van der Waals surface area contributed by atoms with Gasteiger partial charge in [-0.1, -0.05) is 0 Å². The molecule has 82 valence electrons. The van der Waals surface area contributed by atoms with E-state index >= 15 is 0 Å². The van der Waals surface area contributed by atoms with E-state index in [1.165, 1.54) is 7.11 Å². The van der Waals surface area contributed by atoms with Gasteiger partial charge in [-0.15, -0.1) is 23.2 Å². The van der Waals surface area contributed by atoms with E-state index in [1.807, 2.05) is 0 Å². The summed E-state index contributed by atoms with van der Waals surface area (Å²) in [5, 5.41) is -1.06. The second kappa shape index (κ2) is 7.26. The van der Waals surface area contributed by atoms with E-state index in [9.17, 15) is 4.79 Å². The maximum Gasteiger partial charge on any atom is 0.307 e. The average Bonchev–Trinajstić information content (AvgIpc) is 2.16. The first-order valence-electron chi connectivity index (χ1n) is 4.04. The molecule has 0 heterocycles. The molecule has 0 N–H and O–H groups in total. The monoisotopic (exact) mass is 258 g/mol. The van der Waals surface area contributed by atoms with E-state index < -0.39 is 16.7 Å². The van der Waals surface area contributed by atoms with Crippen molar-refractivity contribution in [2.24, 2.45) is 0 Å². The Morgan fingerprint density at radius 3 is 2.50 bits per heavy atom. The molecule has 0 aromatic carbocycles. The molecule has 0 bridgehead atoms. The fraction of sp³-hybridized carbons (Fsp3) is 0.750. The van der Waals surface area contributed by atoms with Crippen molar-refractivity contribution in [3.63, 3.8) is 0 Å². The van der Waals surface area contributed by atoms with Crippen molar-refractivity contribution in [3.8, 4) is 0 Å². The van der Waals surface area contributed by atoms with Gasteiger partial charge in [0.25, 0.3) is 0 Å². The molecule has 0 aliphatic carbocycles. The van der Waals surface area contributed by atoms with Crippen molar-refractivity contribution in [1.29, 1.82) is 0 Å². The Balaban J connectivity index is 4.04. The molecule has 0 rings (SSSR count). The molecule has 0 aliphatic heterocycles. The molecule has 0 spiro atoms. The fourth-order valence-corrected chi connectivity index (χ4v) is 1.46. The van der Waals surface area contributed by atoms with Crippen LogP contribution >= 0.6 is 35.4 Å². The molecule has 0 saturated carbocycles. The van der Waals surface area contributed by atoms with Gasteiger partial charge in [0.05, 0.1) is 25.5 Å². The minimum Gasteiger partial charge on any atom is -0.486 e. The SMILES string of the molecule is CCOC(=S)C(Cl)C(Cl)CC(=O)OC. The number of alkyl halides is 2. The minimum absolute atomic E-state index is 0.0133. The third-order valence-corrected chi connectivity index (χ3v) is 2.96. The smallest absolute Gasteiger partial charge is 0.307 e. The molecule has 0 amide bonds. The zero-order valence-corrected chi connectivity index (χ0v) is 10.3. The van der Waals surface area contributed by atoms with Crippen molar-refractivity contribution < 1.29 is 14.3 Å². The van der Waals surface area contributed by atoms with Gasteiger partial charge in [-0.25, -0.2) is 0 Å². The summed E-state index contributed by atoms with van der Waals surface area (Å²) < 4.78 is 9.45. The Morgan fingerprint density at radius 2 is 2.07 bits per heavy atom. The molecule has 2 atom stereocenters. The van der Waals surface area contributed by atoms with Crippen molar-refractivity contribution >= 4 is 46.4 Å². The normalized spacial score (nSPS) is 14.3. The lowest BCUT2D eigenvalue weighted by Crippen LogP contribution is -2.28. The minimum atomic E-state index is -0.661. The Kier molecular flexibility index (Phi) is 7.23. The highest BCUT2D eigenvalue weighted by atomic mass is 35.5. The van der Waals surface area contributed by atoms with E-state index in [1.54, 1.807) is 6.92 Å². The van der Waals surface area contributed by atoms with Gasteiger partial charge in [-0.05, 0) is 19.1 Å². The summed E-state index contributed by atoms with van der Waals surface area (Å²) in [6.45, 7) is 2.23. The van der Waals surface area contributed by atoms with Gasteiger partial charge in [0.2, 0.25) is 0 Å². The van der Waals surface area contributed by atoms with Gasteiger partial charge in [0.15, 0.2) is 5.05 Å². The highest BCUT2D eigenvalue weighted by Crippen LogP contribution is 2.17. The molecule has 2 unspecified atom stereocenters. The summed E-state index contributed by atoms with van der Waals surface area (Å²) in [6.07, 6.45) is 0.0133. The van der Waals surface area contributed by atoms with Crippen LogP contribution in [0.25, 0.3) is 0 Å². The molecule has 0 fully saturated rings. The molecule has 0 aliphatic rings. The molecular weight excluding hydrogens is 247 g/mol. The number of esters is 1. The average molecular weight is 259 g/mol. The van der Waals surface area contributed by atoms with Crippen LogP contribution < -0.4 is 0 Å². The summed E-state index contributed by atoms with van der Waals surface area (Å²) >= 11 is 16.5. The van der Waals surface area contributed by atoms with Crippen LogP contribution in [0.15, 0.2) is 0 Å². The van der Waals surface area contributed by atoms with E-state index in [-0.39, 0.29) is 11.5 Å². The number of hydrogen-bond donors (Lipinski definition) is 0. The highest BCUT2D eigenvalue weighted by molar-refractivity contribution is 7.80. The van der Waals surface area contributed by atoms with Crippen LogP contribution in [0.2, 0.25) is 0 Å². The van der Waals surface area contributed by atoms with Crippen LogP contribution in [0.3, 0.4) is 0 Å². The van der Waals surface area contributed by atoms with Crippen LogP contribution in [0.1, 0.15) is 13.3 Å². The lowest BCUT2D eigenvalue weighted by atomic mass is 10.2. The maximum absolute atomic E-state index is 10.9. The van der Waals surface area contributed by atoms with Crippen LogP contribution in [0, 0.1) is 0 Å². The fourth-order valence-electron chi connectivity index (χ4n) is 0.716. The highest BCUT2D eigenvalue weighted by Gasteiger charge is 2.25. The Hall–Kier alpha value is -0.0600. The van der Waals surface area contributed by atoms with Crippen molar-refractivity contribution in [3.05, 3.63) is 0 Å². The van der Waals surface area contributed by atoms with Gasteiger partial charge in [0, 0.05) is 0 Å². The number of carbonyl (C=O) groups is 1. The lowest BCUT2D eigenvalue weighted by Gasteiger charge is -2.15. The molecule has 0 saturated heterocycles. The van der Waals surface area contributed by atoms with Gasteiger partial charge in [0.1, 0.15) is 5.38 Å². The second-order valence-corrected chi connectivity index (χ2v) is 3.88. The van der Waals surface area contributed by atoms with Crippen LogP contribution in [-0.2, 0) is 14.3 Å². The number of hydrogen-bond acceptors (Lipinski definition) is 4. The predicted molar refractivity (Wildman–Crippen MR) is 60.1 cm³/mol. The van der Waals surface area contributed by atoms with E-state index in [4.69, 9.17) is 40.2 Å². The first-order valence-corrected chi connectivity index (χ1v) is 5.32. The third-order valence-electron chi connectivity index (χ3n) is 1.42.